The molecule has 0 unspecified atom stereocenters. The smallest absolute Gasteiger partial charge is 0.409 e. The highest BCUT2D eigenvalue weighted by Gasteiger charge is 2.32. The fraction of sp³-hybridized carbons (Fsp3) is 0.469. The second-order valence-electron chi connectivity index (χ2n) is 11.6. The summed E-state index contributed by atoms with van der Waals surface area (Å²) >= 11 is 0. The first-order valence-corrected chi connectivity index (χ1v) is 14.8. The Hall–Kier alpha value is -4.81. The zero-order valence-corrected chi connectivity index (χ0v) is 26.7. The van der Waals surface area contributed by atoms with Gasteiger partial charge in [0.2, 0.25) is 11.8 Å². The number of nitrogens with zero attached hydrogens (tertiary/aromatic N) is 5. The number of nitrogens with one attached hydrogen (secondary N) is 1. The third-order valence-corrected chi connectivity index (χ3v) is 6.63. The second kappa shape index (κ2) is 15.8. The van der Waals surface area contributed by atoms with Crippen molar-refractivity contribution >= 4 is 35.9 Å². The van der Waals surface area contributed by atoms with Gasteiger partial charge in [0.1, 0.15) is 17.3 Å². The van der Waals surface area contributed by atoms with E-state index in [1.165, 1.54) is 28.0 Å². The number of likely N-dealkylation sites (N-methyl/N-ethyl adjacent to an activating group) is 1. The molecule has 1 saturated heterocycles. The van der Waals surface area contributed by atoms with Crippen molar-refractivity contribution in [2.45, 2.75) is 52.2 Å². The first-order chi connectivity index (χ1) is 21.3. The third kappa shape index (κ3) is 10.7. The van der Waals surface area contributed by atoms with Crippen LogP contribution >= 0.6 is 0 Å². The number of ether oxygens (including phenoxy) is 2. The van der Waals surface area contributed by atoms with Gasteiger partial charge in [-0.1, -0.05) is 30.3 Å². The molecule has 0 radical (unpaired) electrons. The molecule has 242 valence electrons. The molecule has 1 aliphatic rings. The fourth-order valence-corrected chi connectivity index (χ4v) is 4.38. The lowest BCUT2D eigenvalue weighted by molar-refractivity contribution is -0.155. The highest BCUT2D eigenvalue weighted by molar-refractivity contribution is 5.97. The van der Waals surface area contributed by atoms with Crippen LogP contribution in [0.15, 0.2) is 42.5 Å². The van der Waals surface area contributed by atoms with E-state index in [-0.39, 0.29) is 63.1 Å². The van der Waals surface area contributed by atoms with Gasteiger partial charge in [0, 0.05) is 58.3 Å². The van der Waals surface area contributed by atoms with Crippen molar-refractivity contribution in [3.05, 3.63) is 53.9 Å². The Kier molecular flexibility index (Phi) is 12.2. The summed E-state index contributed by atoms with van der Waals surface area (Å²) in [4.78, 5) is 77.6. The van der Waals surface area contributed by atoms with E-state index >= 15 is 0 Å². The molecule has 1 N–H and O–H groups in total. The Balaban J connectivity index is 1.87. The van der Waals surface area contributed by atoms with Crippen LogP contribution in [0, 0.1) is 0 Å². The van der Waals surface area contributed by atoms with Gasteiger partial charge in [-0.05, 0) is 46.3 Å². The van der Waals surface area contributed by atoms with E-state index in [2.05, 4.69) is 15.3 Å². The summed E-state index contributed by atoms with van der Waals surface area (Å²) in [5.41, 5.74) is 0.229. The van der Waals surface area contributed by atoms with Crippen LogP contribution in [0.2, 0.25) is 0 Å². The summed E-state index contributed by atoms with van der Waals surface area (Å²) < 4.78 is 10.5. The molecule has 0 bridgehead atoms. The van der Waals surface area contributed by atoms with Crippen molar-refractivity contribution in [1.82, 2.24) is 30.0 Å². The molecule has 4 amide bonds. The molecule has 1 atom stereocenters. The van der Waals surface area contributed by atoms with E-state index in [1.807, 2.05) is 18.2 Å². The molecule has 0 aliphatic carbocycles. The van der Waals surface area contributed by atoms with Crippen molar-refractivity contribution in [2.75, 3.05) is 46.9 Å². The van der Waals surface area contributed by atoms with E-state index in [4.69, 9.17) is 9.47 Å². The second-order valence-corrected chi connectivity index (χ2v) is 11.6. The van der Waals surface area contributed by atoms with Crippen LogP contribution in [0.5, 0.6) is 0 Å². The molecule has 13 nitrogen and oxygen atoms in total. The summed E-state index contributed by atoms with van der Waals surface area (Å²) in [5.74, 6) is -1.57. The molecule has 1 aliphatic heterocycles. The highest BCUT2D eigenvalue weighted by Crippen LogP contribution is 2.18. The number of piperazine rings is 1. The molecule has 0 saturated carbocycles. The van der Waals surface area contributed by atoms with Crippen molar-refractivity contribution in [2.24, 2.45) is 0 Å². The van der Waals surface area contributed by atoms with Gasteiger partial charge in [-0.15, -0.1) is 0 Å². The van der Waals surface area contributed by atoms with Crippen molar-refractivity contribution in [1.29, 1.82) is 0 Å². The van der Waals surface area contributed by atoms with Crippen LogP contribution in [0.3, 0.4) is 0 Å². The minimum Gasteiger partial charge on any atom is -0.460 e. The number of amides is 4. The predicted molar refractivity (Wildman–Crippen MR) is 167 cm³/mol. The van der Waals surface area contributed by atoms with E-state index in [1.54, 1.807) is 58.8 Å². The SMILES string of the molecule is CCOC(=O)N1CCN(C(=O)[C@H](CCC(=O)OC(C)(C)C)NC(=O)c2cc(C=CC(=O)N(C)C)nc(-c3ccccc3)n2)CC1. The standard InChI is InChI=1S/C32H42N6O7/c1-7-44-31(43)38-19-17-37(18-20-38)30(42)24(14-16-27(40)45-32(2,3)4)35-29(41)25-21-23(13-15-26(39)36(5)6)33-28(34-25)22-11-9-8-10-12-22/h8-13,15,21,24H,7,14,16-20H2,1-6H3,(H,35,41)/t24-/m0/s1. The van der Waals surface area contributed by atoms with Gasteiger partial charge in [0.05, 0.1) is 12.3 Å². The molecular formula is C32H42N6O7. The Bertz CT molecular complexity index is 1400. The van der Waals surface area contributed by atoms with E-state index in [0.717, 1.165) is 0 Å². The van der Waals surface area contributed by atoms with Gasteiger partial charge in [0.15, 0.2) is 5.82 Å². The van der Waals surface area contributed by atoms with Gasteiger partial charge in [-0.25, -0.2) is 14.8 Å². The minimum absolute atomic E-state index is 0.0156. The number of aromatic nitrogens is 2. The number of carbonyl (C=O) groups excluding carboxylic acids is 5. The van der Waals surface area contributed by atoms with Crippen LogP contribution in [-0.2, 0) is 23.9 Å². The summed E-state index contributed by atoms with van der Waals surface area (Å²) in [6.07, 6.45) is 2.24. The lowest BCUT2D eigenvalue weighted by Crippen LogP contribution is -2.56. The normalized spacial score (nSPS) is 14.1. The quantitative estimate of drug-likeness (QED) is 0.312. The molecule has 2 aromatic rings. The van der Waals surface area contributed by atoms with Crippen LogP contribution in [0.4, 0.5) is 4.79 Å². The van der Waals surface area contributed by atoms with Gasteiger partial charge in [-0.3, -0.25) is 19.2 Å². The van der Waals surface area contributed by atoms with E-state index < -0.39 is 35.5 Å². The maximum absolute atomic E-state index is 13.7. The van der Waals surface area contributed by atoms with Crippen LogP contribution in [0.25, 0.3) is 17.5 Å². The van der Waals surface area contributed by atoms with Crippen LogP contribution < -0.4 is 5.32 Å². The number of hydrogen-bond acceptors (Lipinski definition) is 9. The van der Waals surface area contributed by atoms with E-state index in [0.29, 0.717) is 11.3 Å². The topological polar surface area (TPSA) is 151 Å². The molecular weight excluding hydrogens is 580 g/mol. The number of hydrogen-bond donors (Lipinski definition) is 1. The highest BCUT2D eigenvalue weighted by atomic mass is 16.6. The van der Waals surface area contributed by atoms with Crippen molar-refractivity contribution in [3.8, 4) is 11.4 Å². The van der Waals surface area contributed by atoms with Crippen LogP contribution in [-0.4, -0.2) is 113 Å². The largest absolute Gasteiger partial charge is 0.460 e. The third-order valence-electron chi connectivity index (χ3n) is 6.63. The number of benzene rings is 1. The minimum atomic E-state index is -1.08. The first kappa shape index (κ1) is 34.7. The molecule has 1 fully saturated rings. The summed E-state index contributed by atoms with van der Waals surface area (Å²) in [6, 6.07) is 9.38. The Morgan fingerprint density at radius 1 is 1.00 bits per heavy atom. The number of carbonyl (C=O) groups is 5. The first-order valence-electron chi connectivity index (χ1n) is 14.8. The van der Waals surface area contributed by atoms with Gasteiger partial charge >= 0.3 is 12.1 Å². The average molecular weight is 623 g/mol. The van der Waals surface area contributed by atoms with Crippen LogP contribution in [0.1, 0.15) is 56.7 Å². The molecule has 45 heavy (non-hydrogen) atoms. The van der Waals surface area contributed by atoms with Crippen molar-refractivity contribution in [3.63, 3.8) is 0 Å². The maximum atomic E-state index is 13.7. The monoisotopic (exact) mass is 622 g/mol. The summed E-state index contributed by atoms with van der Waals surface area (Å²) in [6.45, 7) is 8.21. The zero-order valence-electron chi connectivity index (χ0n) is 26.7. The Morgan fingerprint density at radius 3 is 2.24 bits per heavy atom. The zero-order chi connectivity index (χ0) is 33.1. The van der Waals surface area contributed by atoms with Gasteiger partial charge in [0.25, 0.3) is 5.91 Å². The molecule has 13 heteroatoms. The lowest BCUT2D eigenvalue weighted by atomic mass is 10.1. The number of rotatable bonds is 10. The predicted octanol–water partition coefficient (Wildman–Crippen LogP) is 2.77. The molecule has 1 aromatic heterocycles. The molecule has 0 spiro atoms. The molecule has 2 heterocycles. The van der Waals surface area contributed by atoms with Crippen molar-refractivity contribution < 1.29 is 33.4 Å². The summed E-state index contributed by atoms with van der Waals surface area (Å²) in [7, 11) is 3.23. The van der Waals surface area contributed by atoms with E-state index in [9.17, 15) is 24.0 Å². The molecule has 1 aromatic carbocycles. The summed E-state index contributed by atoms with van der Waals surface area (Å²) in [5, 5.41) is 2.76. The number of esters is 1. The Labute approximate surface area is 263 Å². The lowest BCUT2D eigenvalue weighted by Gasteiger charge is -2.36. The van der Waals surface area contributed by atoms with Gasteiger partial charge < -0.3 is 29.5 Å². The fourth-order valence-electron chi connectivity index (χ4n) is 4.38. The Morgan fingerprint density at radius 2 is 1.64 bits per heavy atom. The molecule has 3 rings (SSSR count). The van der Waals surface area contributed by atoms with Gasteiger partial charge in [-0.2, -0.15) is 0 Å². The maximum Gasteiger partial charge on any atom is 0.409 e. The average Bonchev–Trinajstić information content (AvgIpc) is 3.01.